The van der Waals surface area contributed by atoms with Gasteiger partial charge in [-0.2, -0.15) is 0 Å². The largest absolute Gasteiger partial charge is 0.308 e. The van der Waals surface area contributed by atoms with E-state index in [1.54, 1.807) is 0 Å². The van der Waals surface area contributed by atoms with Crippen LogP contribution in [0.5, 0.6) is 0 Å². The highest BCUT2D eigenvalue weighted by Crippen LogP contribution is 2.56. The molecule has 0 aromatic heterocycles. The SMILES string of the molecule is c1ccc(-c2ccc(N(c3ccc(-c4ccccc4)cc3N(c3ccccc3)c3cccc4ccccc34)c3ccc(-c4ccccc4)cc3N(c3ccccc3)c3cccc4ccccc34)c(N(c3ccccc3)c3cccc4ccccc34)c2)cc1. The Labute approximate surface area is 514 Å². The third-order valence-corrected chi connectivity index (χ3v) is 16.8. The van der Waals surface area contributed by atoms with Crippen molar-refractivity contribution in [3.05, 3.63) is 364 Å². The maximum absolute atomic E-state index is 2.56. The van der Waals surface area contributed by atoms with Crippen LogP contribution in [-0.2, 0) is 0 Å². The van der Waals surface area contributed by atoms with Gasteiger partial charge in [-0.05, 0) is 141 Å². The van der Waals surface area contributed by atoms with E-state index >= 15 is 0 Å². The first-order valence-electron chi connectivity index (χ1n) is 30.1. The van der Waals surface area contributed by atoms with Gasteiger partial charge in [-0.15, -0.1) is 0 Å². The molecule has 0 unspecified atom stereocenters. The Hall–Kier alpha value is -11.7. The molecule has 4 heteroatoms. The van der Waals surface area contributed by atoms with Crippen molar-refractivity contribution in [1.29, 1.82) is 0 Å². The van der Waals surface area contributed by atoms with Crippen molar-refractivity contribution in [2.45, 2.75) is 0 Å². The van der Waals surface area contributed by atoms with E-state index in [9.17, 15) is 0 Å². The van der Waals surface area contributed by atoms with Gasteiger partial charge in [0, 0.05) is 33.2 Å². The molecule has 0 saturated heterocycles. The minimum atomic E-state index is 0.954. The molecule has 15 aromatic carbocycles. The first kappa shape index (κ1) is 53.0. The molecule has 0 aliphatic carbocycles. The number of para-hydroxylation sites is 3. The highest BCUT2D eigenvalue weighted by atomic mass is 15.3. The van der Waals surface area contributed by atoms with Crippen LogP contribution >= 0.6 is 0 Å². The smallest absolute Gasteiger partial charge is 0.0708 e. The highest BCUT2D eigenvalue weighted by Gasteiger charge is 2.32. The predicted molar refractivity (Wildman–Crippen MR) is 374 cm³/mol. The average Bonchev–Trinajstić information content (AvgIpc) is 0.898. The second kappa shape index (κ2) is 23.7. The molecule has 0 N–H and O–H groups in total. The van der Waals surface area contributed by atoms with E-state index in [1.165, 1.54) is 0 Å². The van der Waals surface area contributed by atoms with Gasteiger partial charge in [0.2, 0.25) is 0 Å². The fourth-order valence-corrected chi connectivity index (χ4v) is 12.7. The maximum atomic E-state index is 2.56. The molecule has 0 fully saturated rings. The summed E-state index contributed by atoms with van der Waals surface area (Å²) in [5, 5.41) is 6.86. The van der Waals surface area contributed by atoms with Crippen LogP contribution in [0.25, 0.3) is 65.7 Å². The molecule has 416 valence electrons. The summed E-state index contributed by atoms with van der Waals surface area (Å²) in [6, 6.07) is 133. The molecule has 0 saturated carbocycles. The lowest BCUT2D eigenvalue weighted by atomic mass is 9.97. The molecule has 88 heavy (non-hydrogen) atoms. The lowest BCUT2D eigenvalue weighted by Crippen LogP contribution is -2.22. The fraction of sp³-hybridized carbons (Fsp3) is 0. The summed E-state index contributed by atoms with van der Waals surface area (Å²) in [6.07, 6.45) is 0. The second-order valence-corrected chi connectivity index (χ2v) is 22.1. The monoisotopic (exact) mass is 1120 g/mol. The third-order valence-electron chi connectivity index (χ3n) is 16.8. The summed E-state index contributed by atoms with van der Waals surface area (Å²) in [5.74, 6) is 0. The number of hydrogen-bond acceptors (Lipinski definition) is 4. The Balaban J connectivity index is 1.13. The first-order valence-corrected chi connectivity index (χ1v) is 30.1. The van der Waals surface area contributed by atoms with E-state index < -0.39 is 0 Å². The van der Waals surface area contributed by atoms with Crippen molar-refractivity contribution >= 4 is 101 Å². The van der Waals surface area contributed by atoms with Crippen LogP contribution in [0.15, 0.2) is 364 Å². The van der Waals surface area contributed by atoms with Gasteiger partial charge in [-0.3, -0.25) is 0 Å². The Kier molecular flexibility index (Phi) is 14.3. The average molecular weight is 1130 g/mol. The van der Waals surface area contributed by atoms with Crippen LogP contribution in [-0.4, -0.2) is 0 Å². The number of fused-ring (bicyclic) bond motifs is 3. The number of anilines is 12. The van der Waals surface area contributed by atoms with Crippen molar-refractivity contribution in [3.8, 4) is 33.4 Å². The Morgan fingerprint density at radius 1 is 0.136 bits per heavy atom. The van der Waals surface area contributed by atoms with Crippen molar-refractivity contribution in [2.24, 2.45) is 0 Å². The quantitative estimate of drug-likeness (QED) is 0.101. The maximum Gasteiger partial charge on any atom is 0.0708 e. The van der Waals surface area contributed by atoms with E-state index in [0.717, 1.165) is 134 Å². The molecule has 0 aliphatic rings. The lowest BCUT2D eigenvalue weighted by molar-refractivity contribution is 1.19. The van der Waals surface area contributed by atoms with Gasteiger partial charge < -0.3 is 19.6 Å². The first-order chi connectivity index (χ1) is 43.7. The van der Waals surface area contributed by atoms with E-state index in [-0.39, 0.29) is 0 Å². The molecule has 0 bridgehead atoms. The van der Waals surface area contributed by atoms with Crippen molar-refractivity contribution < 1.29 is 0 Å². The summed E-state index contributed by atoms with van der Waals surface area (Å²) in [6.45, 7) is 0. The van der Waals surface area contributed by atoms with Crippen molar-refractivity contribution in [2.75, 3.05) is 19.6 Å². The molecule has 0 amide bonds. The molecule has 0 radical (unpaired) electrons. The summed E-state index contributed by atoms with van der Waals surface area (Å²) in [4.78, 5) is 9.99. The van der Waals surface area contributed by atoms with Gasteiger partial charge in [0.25, 0.3) is 0 Å². The molecular weight excluding hydrogens is 1060 g/mol. The van der Waals surface area contributed by atoms with E-state index in [2.05, 4.69) is 384 Å². The zero-order chi connectivity index (χ0) is 58.6. The number of nitrogens with zero attached hydrogens (tertiary/aromatic N) is 4. The summed E-state index contributed by atoms with van der Waals surface area (Å²) >= 11 is 0. The zero-order valence-electron chi connectivity index (χ0n) is 48.4. The minimum Gasteiger partial charge on any atom is -0.308 e. The highest BCUT2D eigenvalue weighted by molar-refractivity contribution is 6.09. The second-order valence-electron chi connectivity index (χ2n) is 22.1. The third kappa shape index (κ3) is 10.1. The Morgan fingerprint density at radius 3 is 0.659 bits per heavy atom. The van der Waals surface area contributed by atoms with E-state index in [1.807, 2.05) is 0 Å². The van der Waals surface area contributed by atoms with Crippen LogP contribution in [0.1, 0.15) is 0 Å². The number of rotatable bonds is 15. The minimum absolute atomic E-state index is 0.954. The molecule has 0 spiro atoms. The van der Waals surface area contributed by atoms with Crippen LogP contribution in [0, 0.1) is 0 Å². The predicted octanol–water partition coefficient (Wildman–Crippen LogP) is 24.0. The fourth-order valence-electron chi connectivity index (χ4n) is 12.7. The Morgan fingerprint density at radius 2 is 0.375 bits per heavy atom. The normalized spacial score (nSPS) is 11.2. The molecule has 0 heterocycles. The molecule has 0 atom stereocenters. The molecular formula is C84H60N4. The summed E-state index contributed by atoms with van der Waals surface area (Å²) in [5.41, 5.74) is 18.6. The number of benzene rings is 15. The molecule has 4 nitrogen and oxygen atoms in total. The topological polar surface area (TPSA) is 13.0 Å². The molecule has 15 rings (SSSR count). The van der Waals surface area contributed by atoms with Gasteiger partial charge in [0.15, 0.2) is 0 Å². The van der Waals surface area contributed by atoms with Crippen LogP contribution in [0.3, 0.4) is 0 Å². The zero-order valence-corrected chi connectivity index (χ0v) is 48.4. The molecule has 0 aliphatic heterocycles. The van der Waals surface area contributed by atoms with Crippen LogP contribution < -0.4 is 19.6 Å². The summed E-state index contributed by atoms with van der Waals surface area (Å²) < 4.78 is 0. The number of hydrogen-bond donors (Lipinski definition) is 0. The van der Waals surface area contributed by atoms with E-state index in [0.29, 0.717) is 0 Å². The standard InChI is InChI=1S/C84H60N4/c1-7-28-61(29-8-1)67-52-55-79(82(58-67)85(70-40-13-4-14-41-70)76-49-25-37-64-34-19-22-46-73(64)76)88(80-56-53-68(62-30-9-2-10-31-62)59-83(80)86(71-42-15-5-16-43-71)77-50-26-38-65-35-20-23-47-74(65)77)81-57-54-69(63-32-11-3-12-33-63)60-84(81)87(72-44-17-6-18-45-72)78-51-27-39-66-36-21-24-48-75(66)78/h1-60H. The van der Waals surface area contributed by atoms with Crippen molar-refractivity contribution in [1.82, 2.24) is 0 Å². The Bertz CT molecular complexity index is 4410. The van der Waals surface area contributed by atoms with Gasteiger partial charge in [-0.1, -0.05) is 273 Å². The van der Waals surface area contributed by atoms with Crippen LogP contribution in [0.4, 0.5) is 68.2 Å². The molecule has 15 aromatic rings. The van der Waals surface area contributed by atoms with Gasteiger partial charge in [-0.25, -0.2) is 0 Å². The van der Waals surface area contributed by atoms with Gasteiger partial charge in [0.05, 0.1) is 51.2 Å². The summed E-state index contributed by atoms with van der Waals surface area (Å²) in [7, 11) is 0. The van der Waals surface area contributed by atoms with Crippen molar-refractivity contribution in [3.63, 3.8) is 0 Å². The van der Waals surface area contributed by atoms with Gasteiger partial charge >= 0.3 is 0 Å². The van der Waals surface area contributed by atoms with E-state index in [4.69, 9.17) is 0 Å². The van der Waals surface area contributed by atoms with Crippen LogP contribution in [0.2, 0.25) is 0 Å². The van der Waals surface area contributed by atoms with Gasteiger partial charge in [0.1, 0.15) is 0 Å². The lowest BCUT2D eigenvalue weighted by Gasteiger charge is -2.39.